The number of piperazine rings is 1. The number of imide groups is 1. The summed E-state index contributed by atoms with van der Waals surface area (Å²) in [6.07, 6.45) is 1.61. The highest BCUT2D eigenvalue weighted by Crippen LogP contribution is 2.36. The molecule has 13 heteroatoms. The van der Waals surface area contributed by atoms with Gasteiger partial charge in [-0.25, -0.2) is 19.0 Å². The van der Waals surface area contributed by atoms with Gasteiger partial charge in [-0.05, 0) is 12.1 Å². The number of amides is 3. The molecule has 2 saturated heterocycles. The van der Waals surface area contributed by atoms with E-state index < -0.39 is 29.9 Å². The van der Waals surface area contributed by atoms with E-state index >= 15 is 0 Å². The highest BCUT2D eigenvalue weighted by molar-refractivity contribution is 7.11. The summed E-state index contributed by atoms with van der Waals surface area (Å²) in [7, 11) is 0. The number of rotatable bonds is 5. The first kappa shape index (κ1) is 22.4. The fourth-order valence-electron chi connectivity index (χ4n) is 4.30. The van der Waals surface area contributed by atoms with Crippen LogP contribution in [0.3, 0.4) is 0 Å². The van der Waals surface area contributed by atoms with Gasteiger partial charge in [0.2, 0.25) is 0 Å². The number of fused-ring (bicyclic) bond motifs is 1. The van der Waals surface area contributed by atoms with Crippen LogP contribution in [0, 0.1) is 5.82 Å². The third kappa shape index (κ3) is 4.04. The minimum Gasteiger partial charge on any atom is -0.478 e. The van der Waals surface area contributed by atoms with Crippen LogP contribution < -0.4 is 10.6 Å². The number of aromatic nitrogens is 1. The average molecular weight is 505 g/mol. The van der Waals surface area contributed by atoms with Crippen molar-refractivity contribution >= 4 is 46.7 Å². The van der Waals surface area contributed by atoms with Crippen molar-refractivity contribution in [1.29, 1.82) is 0 Å². The molecule has 3 aliphatic heterocycles. The zero-order valence-corrected chi connectivity index (χ0v) is 19.1. The molecule has 2 aromatic rings. The predicted octanol–water partition coefficient (Wildman–Crippen LogP) is 1.60. The Morgan fingerprint density at radius 2 is 2.12 bits per heavy atom. The molecule has 3 amide bonds. The van der Waals surface area contributed by atoms with Gasteiger partial charge in [-0.2, -0.15) is 0 Å². The highest BCUT2D eigenvalue weighted by atomic mass is 35.5. The average Bonchev–Trinajstić information content (AvgIpc) is 3.42. The largest absolute Gasteiger partial charge is 0.478 e. The zero-order valence-electron chi connectivity index (χ0n) is 17.5. The molecule has 0 spiro atoms. The minimum atomic E-state index is -1.21. The Hall–Kier alpha value is -3.35. The Kier molecular flexibility index (Phi) is 5.80. The van der Waals surface area contributed by atoms with Gasteiger partial charge in [0.25, 0.3) is 5.91 Å². The molecule has 176 valence electrons. The minimum absolute atomic E-state index is 0.0387. The van der Waals surface area contributed by atoms with Crippen LogP contribution in [0.15, 0.2) is 46.0 Å². The molecular formula is C21H18ClFN6O4S. The first-order valence-corrected chi connectivity index (χ1v) is 11.6. The van der Waals surface area contributed by atoms with Crippen molar-refractivity contribution in [3.8, 4) is 0 Å². The molecule has 10 nitrogen and oxygen atoms in total. The van der Waals surface area contributed by atoms with Crippen molar-refractivity contribution in [2.75, 3.05) is 26.2 Å². The Morgan fingerprint density at radius 3 is 2.82 bits per heavy atom. The van der Waals surface area contributed by atoms with E-state index in [-0.39, 0.29) is 29.6 Å². The zero-order chi connectivity index (χ0) is 24.0. The number of hydrogen-bond donors (Lipinski definition) is 3. The maximum Gasteiger partial charge on any atom is 0.335 e. The van der Waals surface area contributed by atoms with Crippen molar-refractivity contribution < 1.29 is 23.9 Å². The SMILES string of the molecule is O=C(O)C1=C(CN2CCN3C(=O)NC(=O)[C@H]3C2)NC(c2nccs2)=N[C@H]1c1ccc(F)cc1Cl. The van der Waals surface area contributed by atoms with Gasteiger partial charge >= 0.3 is 12.0 Å². The number of carbonyl (C=O) groups is 3. The summed E-state index contributed by atoms with van der Waals surface area (Å²) in [5, 5.41) is 17.9. The Labute approximate surface area is 201 Å². The van der Waals surface area contributed by atoms with E-state index in [9.17, 15) is 23.9 Å². The lowest BCUT2D eigenvalue weighted by molar-refractivity contribution is -0.133. The number of urea groups is 1. The van der Waals surface area contributed by atoms with Crippen LogP contribution >= 0.6 is 22.9 Å². The van der Waals surface area contributed by atoms with E-state index in [1.807, 2.05) is 4.90 Å². The number of amidine groups is 1. The normalized spacial score (nSPS) is 22.9. The standard InChI is InChI=1S/C21H18ClFN6O4S/c22-12-7-10(23)1-2-11(12)16-15(20(31)32)13(25-17(26-16)19-24-3-6-34-19)8-28-4-5-29-14(9-28)18(30)27-21(29)33/h1-3,6-7,14,16H,4-5,8-9H2,(H,25,26)(H,31,32)(H,27,30,33)/t14-,16+/m1/s1. The van der Waals surface area contributed by atoms with Gasteiger partial charge in [0.05, 0.1) is 5.57 Å². The van der Waals surface area contributed by atoms with Gasteiger partial charge in [-0.15, -0.1) is 11.3 Å². The number of hydrogen-bond acceptors (Lipinski definition) is 8. The number of thiazole rings is 1. The molecule has 3 aliphatic rings. The van der Waals surface area contributed by atoms with Crippen LogP contribution in [0.4, 0.5) is 9.18 Å². The molecule has 2 fully saturated rings. The second-order valence-corrected chi connectivity index (χ2v) is 9.25. The van der Waals surface area contributed by atoms with E-state index in [0.717, 1.165) is 6.07 Å². The molecule has 0 saturated carbocycles. The van der Waals surface area contributed by atoms with Crippen molar-refractivity contribution in [3.63, 3.8) is 0 Å². The summed E-state index contributed by atoms with van der Waals surface area (Å²) in [6.45, 7) is 1.19. The number of nitrogens with one attached hydrogen (secondary N) is 2. The Bertz CT molecular complexity index is 1250. The predicted molar refractivity (Wildman–Crippen MR) is 121 cm³/mol. The first-order chi connectivity index (χ1) is 16.3. The number of benzene rings is 1. The number of carboxylic acid groups (broad SMARTS) is 1. The summed E-state index contributed by atoms with van der Waals surface area (Å²) in [6, 6.07) is 1.69. The van der Waals surface area contributed by atoms with Crippen LogP contribution in [0.2, 0.25) is 5.02 Å². The maximum absolute atomic E-state index is 13.7. The van der Waals surface area contributed by atoms with Crippen molar-refractivity contribution in [3.05, 3.63) is 62.5 Å². The third-order valence-electron chi connectivity index (χ3n) is 5.89. The fraction of sp³-hybridized carbons (Fsp3) is 0.286. The smallest absolute Gasteiger partial charge is 0.335 e. The summed E-state index contributed by atoms with van der Waals surface area (Å²) < 4.78 is 13.7. The molecule has 5 rings (SSSR count). The van der Waals surface area contributed by atoms with Gasteiger partial charge in [0.15, 0.2) is 10.8 Å². The maximum atomic E-state index is 13.7. The molecule has 2 atom stereocenters. The lowest BCUT2D eigenvalue weighted by Crippen LogP contribution is -2.54. The summed E-state index contributed by atoms with van der Waals surface area (Å²) in [5.74, 6) is -1.76. The topological polar surface area (TPSA) is 127 Å². The molecule has 0 bridgehead atoms. The van der Waals surface area contributed by atoms with Crippen molar-refractivity contribution in [2.24, 2.45) is 4.99 Å². The lowest BCUT2D eigenvalue weighted by Gasteiger charge is -2.37. The molecule has 0 radical (unpaired) electrons. The molecule has 0 unspecified atom stereocenters. The van der Waals surface area contributed by atoms with Crippen molar-refractivity contribution in [1.82, 2.24) is 25.4 Å². The monoisotopic (exact) mass is 504 g/mol. The Balaban J connectivity index is 1.52. The molecule has 3 N–H and O–H groups in total. The lowest BCUT2D eigenvalue weighted by atomic mass is 9.95. The van der Waals surface area contributed by atoms with Crippen LogP contribution in [0.1, 0.15) is 16.6 Å². The number of carbonyl (C=O) groups excluding carboxylic acids is 2. The van der Waals surface area contributed by atoms with Crippen LogP contribution in [0.25, 0.3) is 0 Å². The molecule has 4 heterocycles. The number of nitrogens with zero attached hydrogens (tertiary/aromatic N) is 4. The van der Waals surface area contributed by atoms with E-state index in [0.29, 0.717) is 35.2 Å². The highest BCUT2D eigenvalue weighted by Gasteiger charge is 2.42. The van der Waals surface area contributed by atoms with E-state index in [1.54, 1.807) is 11.6 Å². The second kappa shape index (κ2) is 8.78. The van der Waals surface area contributed by atoms with Crippen molar-refractivity contribution in [2.45, 2.75) is 12.1 Å². The van der Waals surface area contributed by atoms with E-state index in [4.69, 9.17) is 11.6 Å². The van der Waals surface area contributed by atoms with Gasteiger partial charge < -0.3 is 15.3 Å². The molecule has 1 aromatic carbocycles. The van der Waals surface area contributed by atoms with Gasteiger partial charge in [-0.1, -0.05) is 17.7 Å². The van der Waals surface area contributed by atoms with Crippen LogP contribution in [-0.4, -0.2) is 75.9 Å². The number of aliphatic carboxylic acids is 1. The molecule has 1 aromatic heterocycles. The number of aliphatic imine (C=N–C) groups is 1. The van der Waals surface area contributed by atoms with E-state index in [1.165, 1.54) is 28.4 Å². The van der Waals surface area contributed by atoms with Crippen LogP contribution in [0.5, 0.6) is 0 Å². The van der Waals surface area contributed by atoms with Crippen LogP contribution in [-0.2, 0) is 9.59 Å². The molecular weight excluding hydrogens is 487 g/mol. The van der Waals surface area contributed by atoms with Gasteiger partial charge in [0.1, 0.15) is 17.9 Å². The third-order valence-corrected chi connectivity index (χ3v) is 7.00. The second-order valence-electron chi connectivity index (χ2n) is 7.94. The quantitative estimate of drug-likeness (QED) is 0.528. The molecule has 34 heavy (non-hydrogen) atoms. The Morgan fingerprint density at radius 1 is 1.29 bits per heavy atom. The summed E-state index contributed by atoms with van der Waals surface area (Å²) in [5.41, 5.74) is 0.665. The van der Waals surface area contributed by atoms with E-state index in [2.05, 4.69) is 20.6 Å². The molecule has 0 aliphatic carbocycles. The van der Waals surface area contributed by atoms with Gasteiger partial charge in [0, 0.05) is 54.0 Å². The summed E-state index contributed by atoms with van der Waals surface area (Å²) >= 11 is 7.61. The first-order valence-electron chi connectivity index (χ1n) is 10.3. The number of halogens is 2. The van der Waals surface area contributed by atoms with Gasteiger partial charge in [-0.3, -0.25) is 20.0 Å². The fourth-order valence-corrected chi connectivity index (χ4v) is 5.16. The summed E-state index contributed by atoms with van der Waals surface area (Å²) in [4.78, 5) is 48.7. The number of carboxylic acids is 1.